The van der Waals surface area contributed by atoms with Crippen molar-refractivity contribution in [2.24, 2.45) is 0 Å². The van der Waals surface area contributed by atoms with E-state index in [9.17, 15) is 0 Å². The number of rotatable bonds is 1. The van der Waals surface area contributed by atoms with Crippen LogP contribution in [0.2, 0.25) is 0 Å². The van der Waals surface area contributed by atoms with Crippen LogP contribution in [0.15, 0.2) is 30.5 Å². The average Bonchev–Trinajstić information content (AvgIpc) is 2.39. The molecule has 0 aliphatic carbocycles. The zero-order valence-electron chi connectivity index (χ0n) is 9.27. The van der Waals surface area contributed by atoms with Crippen molar-refractivity contribution in [2.75, 3.05) is 24.8 Å². The molecule has 0 aromatic heterocycles. The molecule has 0 atom stereocenters. The summed E-state index contributed by atoms with van der Waals surface area (Å²) >= 11 is 0. The third kappa shape index (κ3) is 1.80. The maximum Gasteiger partial charge on any atom is 0.163 e. The van der Waals surface area contributed by atoms with Crippen molar-refractivity contribution in [3.05, 3.63) is 30.5 Å². The first kappa shape index (κ1) is 10.0. The summed E-state index contributed by atoms with van der Waals surface area (Å²) in [6.45, 7) is 1.76. The van der Waals surface area contributed by atoms with Gasteiger partial charge in [-0.05, 0) is 18.2 Å². The molecule has 0 amide bonds. The van der Waals surface area contributed by atoms with Gasteiger partial charge in [-0.1, -0.05) is 0 Å². The molecule has 3 rings (SSSR count). The predicted octanol–water partition coefficient (Wildman–Crippen LogP) is 1.32. The lowest BCUT2D eigenvalue weighted by Gasteiger charge is -2.28. The summed E-state index contributed by atoms with van der Waals surface area (Å²) in [4.78, 5) is 1.86. The SMILES string of the molecule is N=C1C=CNCN1c1ccc2c(c1)OCCO2. The second-order valence-electron chi connectivity index (χ2n) is 3.84. The standard InChI is InChI=1S/C12H13N3O2/c13-12-3-4-14-8-15(12)9-1-2-10-11(7-9)17-6-5-16-10/h1-4,7,13-14H,5-6,8H2. The van der Waals surface area contributed by atoms with Crippen LogP contribution in [0.1, 0.15) is 0 Å². The molecule has 0 saturated carbocycles. The summed E-state index contributed by atoms with van der Waals surface area (Å²) in [5, 5.41) is 10.9. The number of nitrogens with one attached hydrogen (secondary N) is 2. The van der Waals surface area contributed by atoms with Crippen molar-refractivity contribution in [1.82, 2.24) is 5.32 Å². The highest BCUT2D eigenvalue weighted by Crippen LogP contribution is 2.34. The molecule has 1 aromatic carbocycles. The number of ether oxygens (including phenoxy) is 2. The van der Waals surface area contributed by atoms with Crippen LogP contribution in [0, 0.1) is 5.41 Å². The first-order chi connectivity index (χ1) is 8.34. The van der Waals surface area contributed by atoms with Crippen LogP contribution >= 0.6 is 0 Å². The molecular formula is C12H13N3O2. The zero-order valence-corrected chi connectivity index (χ0v) is 9.27. The van der Waals surface area contributed by atoms with Gasteiger partial charge in [-0.25, -0.2) is 0 Å². The van der Waals surface area contributed by atoms with Crippen LogP contribution in [0.3, 0.4) is 0 Å². The van der Waals surface area contributed by atoms with E-state index in [4.69, 9.17) is 14.9 Å². The van der Waals surface area contributed by atoms with E-state index in [-0.39, 0.29) is 0 Å². The Morgan fingerprint density at radius 2 is 2.00 bits per heavy atom. The van der Waals surface area contributed by atoms with Gasteiger partial charge >= 0.3 is 0 Å². The summed E-state index contributed by atoms with van der Waals surface area (Å²) in [6, 6.07) is 5.72. The number of amidine groups is 1. The summed E-state index contributed by atoms with van der Waals surface area (Å²) in [6.07, 6.45) is 3.50. The molecule has 2 heterocycles. The maximum absolute atomic E-state index is 7.85. The van der Waals surface area contributed by atoms with E-state index in [2.05, 4.69) is 5.32 Å². The van der Waals surface area contributed by atoms with Crippen LogP contribution in [-0.4, -0.2) is 25.7 Å². The molecule has 0 saturated heterocycles. The highest BCUT2D eigenvalue weighted by molar-refractivity contribution is 6.04. The van der Waals surface area contributed by atoms with Crippen molar-refractivity contribution in [3.8, 4) is 11.5 Å². The summed E-state index contributed by atoms with van der Waals surface area (Å²) in [5.41, 5.74) is 0.927. The van der Waals surface area contributed by atoms with Crippen LogP contribution in [0.5, 0.6) is 11.5 Å². The monoisotopic (exact) mass is 231 g/mol. The Morgan fingerprint density at radius 1 is 1.18 bits per heavy atom. The number of hydrogen-bond acceptors (Lipinski definition) is 4. The van der Waals surface area contributed by atoms with Gasteiger partial charge in [0.05, 0.1) is 6.67 Å². The van der Waals surface area contributed by atoms with E-state index in [1.807, 2.05) is 23.1 Å². The third-order valence-corrected chi connectivity index (χ3v) is 2.74. The number of benzene rings is 1. The molecule has 0 radical (unpaired) electrons. The van der Waals surface area contributed by atoms with Crippen LogP contribution in [0.4, 0.5) is 5.69 Å². The average molecular weight is 231 g/mol. The van der Waals surface area contributed by atoms with E-state index in [1.165, 1.54) is 0 Å². The smallest absolute Gasteiger partial charge is 0.163 e. The molecule has 1 aromatic rings. The highest BCUT2D eigenvalue weighted by atomic mass is 16.6. The topological polar surface area (TPSA) is 57.6 Å². The van der Waals surface area contributed by atoms with Gasteiger partial charge in [-0.15, -0.1) is 0 Å². The fraction of sp³-hybridized carbons (Fsp3) is 0.250. The molecule has 88 valence electrons. The van der Waals surface area contributed by atoms with Gasteiger partial charge in [0.1, 0.15) is 19.0 Å². The molecule has 2 aliphatic rings. The van der Waals surface area contributed by atoms with Gasteiger partial charge in [0.2, 0.25) is 0 Å². The fourth-order valence-corrected chi connectivity index (χ4v) is 1.89. The Morgan fingerprint density at radius 3 is 2.82 bits per heavy atom. The van der Waals surface area contributed by atoms with Gasteiger partial charge in [0.15, 0.2) is 11.5 Å². The van der Waals surface area contributed by atoms with Crippen molar-refractivity contribution in [2.45, 2.75) is 0 Å². The molecule has 2 N–H and O–H groups in total. The second-order valence-corrected chi connectivity index (χ2v) is 3.84. The van der Waals surface area contributed by atoms with Gasteiger partial charge in [-0.3, -0.25) is 5.41 Å². The first-order valence-corrected chi connectivity index (χ1v) is 5.50. The quantitative estimate of drug-likeness (QED) is 0.765. The second kappa shape index (κ2) is 4.01. The predicted molar refractivity (Wildman–Crippen MR) is 64.8 cm³/mol. The number of fused-ring (bicyclic) bond motifs is 1. The summed E-state index contributed by atoms with van der Waals surface area (Å²) < 4.78 is 11.0. The van der Waals surface area contributed by atoms with E-state index in [0.717, 1.165) is 17.2 Å². The summed E-state index contributed by atoms with van der Waals surface area (Å²) in [5.74, 6) is 1.98. The minimum absolute atomic E-state index is 0.459. The van der Waals surface area contributed by atoms with Crippen molar-refractivity contribution in [1.29, 1.82) is 5.41 Å². The van der Waals surface area contributed by atoms with Crippen LogP contribution in [0.25, 0.3) is 0 Å². The molecule has 2 aliphatic heterocycles. The highest BCUT2D eigenvalue weighted by Gasteiger charge is 2.17. The molecule has 5 heteroatoms. The number of anilines is 1. The Labute approximate surface area is 99.1 Å². The minimum atomic E-state index is 0.459. The lowest BCUT2D eigenvalue weighted by atomic mass is 10.2. The molecule has 17 heavy (non-hydrogen) atoms. The normalized spacial score (nSPS) is 17.9. The van der Waals surface area contributed by atoms with Crippen molar-refractivity contribution in [3.63, 3.8) is 0 Å². The van der Waals surface area contributed by atoms with Gasteiger partial charge in [-0.2, -0.15) is 0 Å². The van der Waals surface area contributed by atoms with E-state index < -0.39 is 0 Å². The van der Waals surface area contributed by atoms with Gasteiger partial charge < -0.3 is 19.7 Å². The maximum atomic E-state index is 7.85. The molecule has 0 spiro atoms. The Bertz CT molecular complexity index is 485. The molecule has 5 nitrogen and oxygen atoms in total. The summed E-state index contributed by atoms with van der Waals surface area (Å²) in [7, 11) is 0. The van der Waals surface area contributed by atoms with Crippen LogP contribution < -0.4 is 19.7 Å². The molecule has 0 bridgehead atoms. The van der Waals surface area contributed by atoms with Gasteiger partial charge in [0, 0.05) is 18.0 Å². The Kier molecular flexibility index (Phi) is 2.36. The molecular weight excluding hydrogens is 218 g/mol. The third-order valence-electron chi connectivity index (χ3n) is 2.74. The fourth-order valence-electron chi connectivity index (χ4n) is 1.89. The van der Waals surface area contributed by atoms with E-state index >= 15 is 0 Å². The van der Waals surface area contributed by atoms with E-state index in [1.54, 1.807) is 12.3 Å². The lowest BCUT2D eigenvalue weighted by molar-refractivity contribution is 0.171. The van der Waals surface area contributed by atoms with Crippen molar-refractivity contribution < 1.29 is 9.47 Å². The Balaban J connectivity index is 1.93. The number of hydrogen-bond donors (Lipinski definition) is 2. The molecule has 0 fully saturated rings. The largest absolute Gasteiger partial charge is 0.486 e. The Hall–Kier alpha value is -2.17. The lowest BCUT2D eigenvalue weighted by Crippen LogP contribution is -2.39. The zero-order chi connectivity index (χ0) is 11.7. The molecule has 0 unspecified atom stereocenters. The van der Waals surface area contributed by atoms with Crippen LogP contribution in [-0.2, 0) is 0 Å². The van der Waals surface area contributed by atoms with Crippen molar-refractivity contribution >= 4 is 11.5 Å². The number of nitrogens with zero attached hydrogens (tertiary/aromatic N) is 1. The minimum Gasteiger partial charge on any atom is -0.486 e. The first-order valence-electron chi connectivity index (χ1n) is 5.50. The van der Waals surface area contributed by atoms with Gasteiger partial charge in [0.25, 0.3) is 0 Å². The van der Waals surface area contributed by atoms with E-state index in [0.29, 0.717) is 25.7 Å².